The molecule has 124 valence electrons. The third-order valence-corrected chi connectivity index (χ3v) is 4.48. The Balaban J connectivity index is 1.47. The lowest BCUT2D eigenvalue weighted by Crippen LogP contribution is -2.43. The number of para-hydroxylation sites is 1. The van der Waals surface area contributed by atoms with Crippen molar-refractivity contribution in [1.82, 2.24) is 9.88 Å². The minimum absolute atomic E-state index is 0.0524. The lowest BCUT2D eigenvalue weighted by Gasteiger charge is -2.33. The van der Waals surface area contributed by atoms with E-state index < -0.39 is 11.9 Å². The van der Waals surface area contributed by atoms with Crippen LogP contribution in [0.5, 0.6) is 5.75 Å². The summed E-state index contributed by atoms with van der Waals surface area (Å²) in [6.45, 7) is 2.55. The highest BCUT2D eigenvalue weighted by molar-refractivity contribution is 7.09. The van der Waals surface area contributed by atoms with Crippen molar-refractivity contribution in [3.8, 4) is 5.75 Å². The number of thiazole rings is 1. The third-order valence-electron chi connectivity index (χ3n) is 3.61. The van der Waals surface area contributed by atoms with Gasteiger partial charge in [0.25, 0.3) is 0 Å². The zero-order chi connectivity index (χ0) is 16.1. The Morgan fingerprint density at radius 1 is 1.48 bits per heavy atom. The molecular formula is C16H19FN2O3S. The Morgan fingerprint density at radius 3 is 3.13 bits per heavy atom. The van der Waals surface area contributed by atoms with Crippen molar-refractivity contribution in [2.45, 2.75) is 12.2 Å². The zero-order valence-corrected chi connectivity index (χ0v) is 13.4. The maximum atomic E-state index is 13.5. The number of nitrogens with zero attached hydrogens (tertiary/aromatic N) is 2. The van der Waals surface area contributed by atoms with Gasteiger partial charge >= 0.3 is 0 Å². The molecule has 1 aliphatic rings. The number of hydrogen-bond donors (Lipinski definition) is 1. The molecule has 2 heterocycles. The molecule has 5 nitrogen and oxygen atoms in total. The lowest BCUT2D eigenvalue weighted by atomic mass is 10.2. The average Bonchev–Trinajstić information content (AvgIpc) is 3.09. The van der Waals surface area contributed by atoms with Crippen LogP contribution in [0.2, 0.25) is 0 Å². The second-order valence-corrected chi connectivity index (χ2v) is 6.31. The van der Waals surface area contributed by atoms with Gasteiger partial charge in [0.2, 0.25) is 0 Å². The molecule has 1 N–H and O–H groups in total. The van der Waals surface area contributed by atoms with Crippen LogP contribution in [0.3, 0.4) is 0 Å². The van der Waals surface area contributed by atoms with Crippen LogP contribution in [0.1, 0.15) is 11.1 Å². The number of β-amino-alcohol motifs (C(OH)–C–C–N with tert-alkyl or cyclic N) is 1. The number of halogens is 1. The van der Waals surface area contributed by atoms with Crippen LogP contribution in [0, 0.1) is 5.82 Å². The summed E-state index contributed by atoms with van der Waals surface area (Å²) < 4.78 is 24.5. The highest BCUT2D eigenvalue weighted by Gasteiger charge is 2.25. The van der Waals surface area contributed by atoms with Gasteiger partial charge in [-0.25, -0.2) is 9.37 Å². The zero-order valence-electron chi connectivity index (χ0n) is 12.6. The number of ether oxygens (including phenoxy) is 2. The van der Waals surface area contributed by atoms with E-state index in [0.29, 0.717) is 19.7 Å². The third kappa shape index (κ3) is 4.48. The van der Waals surface area contributed by atoms with Crippen molar-refractivity contribution in [3.63, 3.8) is 0 Å². The van der Waals surface area contributed by atoms with Crippen LogP contribution in [-0.2, 0) is 4.74 Å². The van der Waals surface area contributed by atoms with E-state index in [1.54, 1.807) is 35.7 Å². The molecule has 2 atom stereocenters. The van der Waals surface area contributed by atoms with E-state index in [9.17, 15) is 9.50 Å². The molecule has 0 radical (unpaired) electrons. The minimum Gasteiger partial charge on any atom is -0.488 e. The van der Waals surface area contributed by atoms with Gasteiger partial charge in [0, 0.05) is 31.2 Å². The first-order valence-corrected chi connectivity index (χ1v) is 8.39. The summed E-state index contributed by atoms with van der Waals surface area (Å²) >= 11 is 1.57. The lowest BCUT2D eigenvalue weighted by molar-refractivity contribution is -0.0461. The Morgan fingerprint density at radius 2 is 2.35 bits per heavy atom. The van der Waals surface area contributed by atoms with Crippen molar-refractivity contribution in [3.05, 3.63) is 46.7 Å². The van der Waals surface area contributed by atoms with E-state index in [1.807, 2.05) is 5.38 Å². The van der Waals surface area contributed by atoms with Gasteiger partial charge in [0.1, 0.15) is 23.8 Å². The molecule has 0 aliphatic carbocycles. The van der Waals surface area contributed by atoms with Gasteiger partial charge in [-0.1, -0.05) is 12.1 Å². The molecule has 1 aliphatic heterocycles. The number of aromatic nitrogens is 1. The van der Waals surface area contributed by atoms with Crippen LogP contribution in [0.15, 0.2) is 35.8 Å². The Labute approximate surface area is 138 Å². The molecule has 0 spiro atoms. The SMILES string of the molecule is O[C@@H](COc1ccccc1F)CN1CCO[C@H](c2nccs2)C1. The first-order valence-electron chi connectivity index (χ1n) is 7.51. The molecule has 0 saturated carbocycles. The molecule has 1 saturated heterocycles. The normalized spacial score (nSPS) is 20.3. The van der Waals surface area contributed by atoms with E-state index in [1.165, 1.54) is 6.07 Å². The van der Waals surface area contributed by atoms with Crippen LogP contribution in [-0.4, -0.2) is 53.9 Å². The van der Waals surface area contributed by atoms with E-state index in [4.69, 9.17) is 9.47 Å². The first kappa shape index (κ1) is 16.3. The van der Waals surface area contributed by atoms with E-state index in [-0.39, 0.29) is 18.5 Å². The number of rotatable bonds is 6. The smallest absolute Gasteiger partial charge is 0.165 e. The van der Waals surface area contributed by atoms with E-state index in [2.05, 4.69) is 9.88 Å². The standard InChI is InChI=1S/C16H19FN2O3S/c17-13-3-1-2-4-14(13)22-11-12(20)9-19-6-7-21-15(10-19)16-18-5-8-23-16/h1-5,8,12,15,20H,6-7,9-11H2/t12-,15+/m1/s1. The topological polar surface area (TPSA) is 54.8 Å². The number of benzene rings is 1. The van der Waals surface area contributed by atoms with Gasteiger partial charge in [-0.15, -0.1) is 11.3 Å². The molecule has 7 heteroatoms. The molecule has 0 bridgehead atoms. The number of hydrogen-bond acceptors (Lipinski definition) is 6. The molecule has 3 rings (SSSR count). The molecule has 2 aromatic rings. The van der Waals surface area contributed by atoms with Crippen LogP contribution >= 0.6 is 11.3 Å². The van der Waals surface area contributed by atoms with Crippen molar-refractivity contribution in [1.29, 1.82) is 0 Å². The predicted octanol–water partition coefficient (Wildman–Crippen LogP) is 2.10. The molecular weight excluding hydrogens is 319 g/mol. The number of morpholine rings is 1. The second kappa shape index (κ2) is 7.83. The summed E-state index contributed by atoms with van der Waals surface area (Å²) in [4.78, 5) is 6.39. The molecule has 1 fully saturated rings. The monoisotopic (exact) mass is 338 g/mol. The van der Waals surface area contributed by atoms with Gasteiger partial charge in [-0.2, -0.15) is 0 Å². The fraction of sp³-hybridized carbons (Fsp3) is 0.438. The summed E-state index contributed by atoms with van der Waals surface area (Å²) in [5, 5.41) is 13.0. The summed E-state index contributed by atoms with van der Waals surface area (Å²) in [5.41, 5.74) is 0. The molecule has 0 unspecified atom stereocenters. The summed E-state index contributed by atoms with van der Waals surface area (Å²) in [7, 11) is 0. The van der Waals surface area contributed by atoms with Crippen molar-refractivity contribution in [2.75, 3.05) is 32.8 Å². The van der Waals surface area contributed by atoms with Crippen LogP contribution < -0.4 is 4.74 Å². The quantitative estimate of drug-likeness (QED) is 0.874. The maximum absolute atomic E-state index is 13.5. The number of aliphatic hydroxyl groups excluding tert-OH is 1. The van der Waals surface area contributed by atoms with Crippen LogP contribution in [0.4, 0.5) is 4.39 Å². The summed E-state index contributed by atoms with van der Waals surface area (Å²) in [6, 6.07) is 6.19. The Bertz CT molecular complexity index is 611. The van der Waals surface area contributed by atoms with Gasteiger partial charge in [-0.3, -0.25) is 4.90 Å². The van der Waals surface area contributed by atoms with Crippen molar-refractivity contribution in [2.24, 2.45) is 0 Å². The Kier molecular flexibility index (Phi) is 5.56. The summed E-state index contributed by atoms with van der Waals surface area (Å²) in [6.07, 6.45) is 1.02. The number of aliphatic hydroxyl groups is 1. The highest BCUT2D eigenvalue weighted by atomic mass is 32.1. The summed E-state index contributed by atoms with van der Waals surface area (Å²) in [5.74, 6) is -0.260. The highest BCUT2D eigenvalue weighted by Crippen LogP contribution is 2.24. The predicted molar refractivity (Wildman–Crippen MR) is 85.1 cm³/mol. The van der Waals surface area contributed by atoms with Crippen LogP contribution in [0.25, 0.3) is 0 Å². The van der Waals surface area contributed by atoms with Gasteiger partial charge in [-0.05, 0) is 12.1 Å². The van der Waals surface area contributed by atoms with Gasteiger partial charge < -0.3 is 14.6 Å². The molecule has 23 heavy (non-hydrogen) atoms. The minimum atomic E-state index is -0.690. The van der Waals surface area contributed by atoms with Gasteiger partial charge in [0.05, 0.1) is 6.61 Å². The molecule has 1 aromatic heterocycles. The fourth-order valence-corrected chi connectivity index (χ4v) is 3.19. The van der Waals surface area contributed by atoms with Gasteiger partial charge in [0.15, 0.2) is 11.6 Å². The van der Waals surface area contributed by atoms with Crippen molar-refractivity contribution >= 4 is 11.3 Å². The second-order valence-electron chi connectivity index (χ2n) is 5.38. The van der Waals surface area contributed by atoms with E-state index >= 15 is 0 Å². The molecule has 1 aromatic carbocycles. The largest absolute Gasteiger partial charge is 0.488 e. The fourth-order valence-electron chi connectivity index (χ4n) is 2.51. The van der Waals surface area contributed by atoms with E-state index in [0.717, 1.165) is 11.6 Å². The van der Waals surface area contributed by atoms with Crippen molar-refractivity contribution < 1.29 is 19.0 Å². The maximum Gasteiger partial charge on any atom is 0.165 e. The first-order chi connectivity index (χ1) is 11.2. The average molecular weight is 338 g/mol. The Hall–Kier alpha value is -1.54. The molecule has 0 amide bonds.